The number of carbonyl (C=O) groups excluding carboxylic acids is 3. The number of ether oxygens (including phenoxy) is 1. The van der Waals surface area contributed by atoms with Crippen LogP contribution in [0.15, 0.2) is 34.6 Å². The molecule has 1 saturated heterocycles. The lowest BCUT2D eigenvalue weighted by Gasteiger charge is -2.51. The highest BCUT2D eigenvalue weighted by Gasteiger charge is 2.57. The number of rotatable bonds is 8. The van der Waals surface area contributed by atoms with Gasteiger partial charge in [0.05, 0.1) is 19.9 Å². The summed E-state index contributed by atoms with van der Waals surface area (Å²) in [5, 5.41) is 2.90. The van der Waals surface area contributed by atoms with Crippen molar-refractivity contribution in [2.45, 2.75) is 65.8 Å². The van der Waals surface area contributed by atoms with Gasteiger partial charge in [-0.05, 0) is 43.2 Å². The maximum atomic E-state index is 13.5. The average molecular weight is 431 g/mol. The van der Waals surface area contributed by atoms with Crippen LogP contribution < -0.4 is 5.32 Å². The molecule has 0 aromatic carbocycles. The van der Waals surface area contributed by atoms with Crippen molar-refractivity contribution in [2.24, 2.45) is 16.7 Å². The average Bonchev–Trinajstić information content (AvgIpc) is 3.23. The summed E-state index contributed by atoms with van der Waals surface area (Å²) < 4.78 is 10.7. The first-order valence-corrected chi connectivity index (χ1v) is 11.1. The van der Waals surface area contributed by atoms with Crippen LogP contribution in [-0.4, -0.2) is 36.3 Å². The van der Waals surface area contributed by atoms with Crippen molar-refractivity contribution >= 4 is 17.8 Å². The van der Waals surface area contributed by atoms with E-state index in [2.05, 4.69) is 26.1 Å². The molecule has 0 bridgehead atoms. The lowest BCUT2D eigenvalue weighted by molar-refractivity contribution is -0.162. The Hall–Kier alpha value is -2.57. The molecule has 0 spiro atoms. The molecule has 1 aromatic heterocycles. The van der Waals surface area contributed by atoms with Gasteiger partial charge in [-0.15, -0.1) is 0 Å². The van der Waals surface area contributed by atoms with E-state index in [9.17, 15) is 14.4 Å². The van der Waals surface area contributed by atoms with E-state index in [1.54, 1.807) is 17.2 Å². The van der Waals surface area contributed by atoms with Crippen LogP contribution in [0, 0.1) is 16.7 Å². The largest absolute Gasteiger partial charge is 0.468 e. The molecule has 1 N–H and O–H groups in total. The summed E-state index contributed by atoms with van der Waals surface area (Å²) in [6.45, 7) is 7.11. The predicted octanol–water partition coefficient (Wildman–Crippen LogP) is 3.80. The topological polar surface area (TPSA) is 88.8 Å². The van der Waals surface area contributed by atoms with Gasteiger partial charge in [-0.25, -0.2) is 0 Å². The zero-order valence-corrected chi connectivity index (χ0v) is 19.0. The summed E-state index contributed by atoms with van der Waals surface area (Å²) in [6.07, 6.45) is 7.09. The molecular formula is C24H34N2O5. The highest BCUT2D eigenvalue weighted by atomic mass is 16.5. The van der Waals surface area contributed by atoms with Crippen molar-refractivity contribution in [3.63, 3.8) is 0 Å². The third-order valence-corrected chi connectivity index (χ3v) is 6.37. The normalized spacial score (nSPS) is 24.9. The minimum absolute atomic E-state index is 0.0592. The summed E-state index contributed by atoms with van der Waals surface area (Å²) in [7, 11) is 1.38. The third-order valence-electron chi connectivity index (χ3n) is 6.37. The molecule has 2 heterocycles. The zero-order valence-electron chi connectivity index (χ0n) is 19.0. The highest BCUT2D eigenvalue weighted by molar-refractivity contribution is 5.92. The lowest BCUT2D eigenvalue weighted by Crippen LogP contribution is -2.55. The van der Waals surface area contributed by atoms with Gasteiger partial charge >= 0.3 is 5.97 Å². The predicted molar refractivity (Wildman–Crippen MR) is 115 cm³/mol. The zero-order chi connectivity index (χ0) is 22.6. The summed E-state index contributed by atoms with van der Waals surface area (Å²) in [5.74, 6) is -0.618. The highest BCUT2D eigenvalue weighted by Crippen LogP contribution is 2.55. The molecule has 1 aromatic rings. The van der Waals surface area contributed by atoms with Gasteiger partial charge in [0, 0.05) is 24.6 Å². The van der Waals surface area contributed by atoms with Crippen molar-refractivity contribution in [1.82, 2.24) is 10.2 Å². The molecule has 3 rings (SSSR count). The van der Waals surface area contributed by atoms with Crippen LogP contribution >= 0.6 is 0 Å². The van der Waals surface area contributed by atoms with Gasteiger partial charge in [-0.1, -0.05) is 33.3 Å². The number of unbranched alkanes of at least 4 members (excludes halogenated alkanes) is 1. The Balaban J connectivity index is 1.96. The van der Waals surface area contributed by atoms with Crippen molar-refractivity contribution < 1.29 is 23.5 Å². The van der Waals surface area contributed by atoms with E-state index in [0.29, 0.717) is 24.4 Å². The maximum absolute atomic E-state index is 13.5. The molecule has 1 aliphatic carbocycles. The van der Waals surface area contributed by atoms with Crippen LogP contribution in [-0.2, 0) is 25.7 Å². The van der Waals surface area contributed by atoms with Crippen LogP contribution in [0.25, 0.3) is 0 Å². The van der Waals surface area contributed by atoms with Gasteiger partial charge in [-0.3, -0.25) is 14.4 Å². The van der Waals surface area contributed by atoms with Gasteiger partial charge in [0.2, 0.25) is 11.8 Å². The summed E-state index contributed by atoms with van der Waals surface area (Å²) in [6, 6.07) is 3.58. The summed E-state index contributed by atoms with van der Waals surface area (Å²) in [4.78, 5) is 40.9. The smallest absolute Gasteiger partial charge is 0.317 e. The SMILES string of the molecule is CCCCNC(=O)C[C@@H]1C[C@@]2(C(=O)OC)CC(C)(C)CC=C2N(Cc2ccco2)C1=O. The van der Waals surface area contributed by atoms with Crippen LogP contribution in [0.2, 0.25) is 0 Å². The lowest BCUT2D eigenvalue weighted by atomic mass is 9.59. The molecule has 0 unspecified atom stereocenters. The Bertz CT molecular complexity index is 842. The van der Waals surface area contributed by atoms with Gasteiger partial charge in [0.25, 0.3) is 0 Å². The maximum Gasteiger partial charge on any atom is 0.317 e. The van der Waals surface area contributed by atoms with E-state index in [1.807, 2.05) is 12.1 Å². The number of nitrogens with zero attached hydrogens (tertiary/aromatic N) is 1. The second kappa shape index (κ2) is 9.28. The monoisotopic (exact) mass is 430 g/mol. The Morgan fingerprint density at radius 2 is 2.13 bits per heavy atom. The molecule has 7 nitrogen and oxygen atoms in total. The standard InChI is InChI=1S/C24H34N2O5/c1-5-6-11-25-20(27)13-17-14-24(22(29)30-4)16-23(2,3)10-9-19(24)26(21(17)28)15-18-8-7-12-31-18/h7-9,12,17H,5-6,10-11,13-16H2,1-4H3,(H,25,27)/t17-,24-/m1/s1. The number of nitrogens with one attached hydrogen (secondary N) is 1. The first-order chi connectivity index (χ1) is 14.7. The molecule has 170 valence electrons. The first kappa shape index (κ1) is 23.1. The van der Waals surface area contributed by atoms with Gasteiger partial charge in [0.15, 0.2) is 0 Å². The van der Waals surface area contributed by atoms with Gasteiger partial charge in [0.1, 0.15) is 11.2 Å². The number of methoxy groups -OCH3 is 1. The number of carbonyl (C=O) groups is 3. The fourth-order valence-corrected chi connectivity index (χ4v) is 4.98. The van der Waals surface area contributed by atoms with Crippen LogP contribution in [0.4, 0.5) is 0 Å². The van der Waals surface area contributed by atoms with E-state index >= 15 is 0 Å². The number of likely N-dealkylation sites (tertiary alicyclic amines) is 1. The van der Waals surface area contributed by atoms with E-state index in [0.717, 1.165) is 19.3 Å². The molecule has 2 atom stereocenters. The minimum atomic E-state index is -0.953. The number of allylic oxidation sites excluding steroid dienone is 1. The first-order valence-electron chi connectivity index (χ1n) is 11.1. The Morgan fingerprint density at radius 1 is 1.35 bits per heavy atom. The van der Waals surface area contributed by atoms with Gasteiger partial charge in [-0.2, -0.15) is 0 Å². The van der Waals surface area contributed by atoms with E-state index in [4.69, 9.17) is 9.15 Å². The van der Waals surface area contributed by atoms with E-state index in [-0.39, 0.29) is 42.6 Å². The molecule has 0 saturated carbocycles. The number of hydrogen-bond acceptors (Lipinski definition) is 5. The van der Waals surface area contributed by atoms with Gasteiger partial charge < -0.3 is 19.4 Å². The van der Waals surface area contributed by atoms with Crippen molar-refractivity contribution in [3.8, 4) is 0 Å². The van der Waals surface area contributed by atoms with E-state index < -0.39 is 11.3 Å². The van der Waals surface area contributed by atoms with Crippen LogP contribution in [0.1, 0.15) is 65.1 Å². The Morgan fingerprint density at radius 3 is 2.77 bits per heavy atom. The molecule has 0 radical (unpaired) electrons. The number of fused-ring (bicyclic) bond motifs is 1. The molecule has 2 aliphatic rings. The van der Waals surface area contributed by atoms with Crippen molar-refractivity contribution in [3.05, 3.63) is 35.9 Å². The second-order valence-corrected chi connectivity index (χ2v) is 9.52. The van der Waals surface area contributed by atoms with Crippen LogP contribution in [0.5, 0.6) is 0 Å². The summed E-state index contributed by atoms with van der Waals surface area (Å²) >= 11 is 0. The molecule has 1 fully saturated rings. The van der Waals surface area contributed by atoms with E-state index in [1.165, 1.54) is 7.11 Å². The number of hydrogen-bond donors (Lipinski definition) is 1. The number of furan rings is 1. The van der Waals surface area contributed by atoms with Crippen molar-refractivity contribution in [2.75, 3.05) is 13.7 Å². The molecule has 1 aliphatic heterocycles. The molecular weight excluding hydrogens is 396 g/mol. The number of esters is 1. The second-order valence-electron chi connectivity index (χ2n) is 9.52. The number of piperidine rings is 1. The number of amides is 2. The Kier molecular flexibility index (Phi) is 6.92. The molecule has 7 heteroatoms. The minimum Gasteiger partial charge on any atom is -0.468 e. The fourth-order valence-electron chi connectivity index (χ4n) is 4.98. The van der Waals surface area contributed by atoms with Crippen LogP contribution in [0.3, 0.4) is 0 Å². The third kappa shape index (κ3) is 4.86. The summed E-state index contributed by atoms with van der Waals surface area (Å²) in [5.41, 5.74) is -0.393. The fraction of sp³-hybridized carbons (Fsp3) is 0.625. The molecule has 31 heavy (non-hydrogen) atoms. The van der Waals surface area contributed by atoms with Crippen molar-refractivity contribution in [1.29, 1.82) is 0 Å². The Labute approximate surface area is 184 Å². The molecule has 2 amide bonds. The quantitative estimate of drug-likeness (QED) is 0.501.